The van der Waals surface area contributed by atoms with Crippen molar-refractivity contribution in [3.63, 3.8) is 0 Å². The van der Waals surface area contributed by atoms with Gasteiger partial charge in [0.25, 0.3) is 15.9 Å². The number of ether oxygens (including phenoxy) is 1. The monoisotopic (exact) mass is 476 g/mol. The first-order valence-electron chi connectivity index (χ1n) is 9.73. The highest BCUT2D eigenvalue weighted by Gasteiger charge is 2.27. The lowest BCUT2D eigenvalue weighted by Gasteiger charge is -2.11. The predicted octanol–water partition coefficient (Wildman–Crippen LogP) is 2.93. The van der Waals surface area contributed by atoms with E-state index in [2.05, 4.69) is 19.7 Å². The Hall–Kier alpha value is -3.25. The number of likely N-dealkylation sites (tertiary alicyclic amines) is 1. The number of sulfonamides is 1. The van der Waals surface area contributed by atoms with Crippen LogP contribution in [0.4, 0.5) is 5.69 Å². The van der Waals surface area contributed by atoms with Crippen LogP contribution in [0.3, 0.4) is 0 Å². The number of esters is 1. The van der Waals surface area contributed by atoms with Crippen LogP contribution in [-0.4, -0.2) is 55.6 Å². The molecule has 1 aromatic carbocycles. The average Bonchev–Trinajstić information content (AvgIpc) is 3.53. The smallest absolute Gasteiger partial charge is 0.337 e. The topological polar surface area (TPSA) is 132 Å². The number of nitrogens with zero attached hydrogens (tertiary/aromatic N) is 3. The van der Waals surface area contributed by atoms with E-state index in [9.17, 15) is 18.0 Å². The fourth-order valence-corrected chi connectivity index (χ4v) is 5.88. The van der Waals surface area contributed by atoms with Crippen LogP contribution in [0.25, 0.3) is 10.8 Å². The molecular weight excluding hydrogens is 456 g/mol. The largest absolute Gasteiger partial charge is 0.465 e. The molecule has 0 radical (unpaired) electrons. The van der Waals surface area contributed by atoms with Gasteiger partial charge in [-0.1, -0.05) is 0 Å². The summed E-state index contributed by atoms with van der Waals surface area (Å²) in [6.07, 6.45) is 1.88. The fourth-order valence-electron chi connectivity index (χ4n) is 3.30. The van der Waals surface area contributed by atoms with Crippen LogP contribution in [0, 0.1) is 6.92 Å². The SMILES string of the molecule is COC(=O)c1ccc(NS(=O)(=O)c2cc(-c3nnc(C(=O)N4CCCC4)o3)sc2C)cc1. The summed E-state index contributed by atoms with van der Waals surface area (Å²) >= 11 is 1.17. The van der Waals surface area contributed by atoms with Crippen LogP contribution in [0.5, 0.6) is 0 Å². The molecule has 0 spiro atoms. The normalized spacial score (nSPS) is 13.9. The van der Waals surface area contributed by atoms with Gasteiger partial charge in [0.1, 0.15) is 4.90 Å². The molecule has 12 heteroatoms. The molecule has 1 fully saturated rings. The molecule has 32 heavy (non-hydrogen) atoms. The number of thiophene rings is 1. The molecule has 1 aliphatic heterocycles. The van der Waals surface area contributed by atoms with Gasteiger partial charge in [0.15, 0.2) is 0 Å². The van der Waals surface area contributed by atoms with Crippen LogP contribution in [0.2, 0.25) is 0 Å². The molecule has 168 valence electrons. The summed E-state index contributed by atoms with van der Waals surface area (Å²) in [5.74, 6) is -0.856. The minimum atomic E-state index is -3.91. The van der Waals surface area contributed by atoms with Crippen LogP contribution in [-0.2, 0) is 14.8 Å². The zero-order chi connectivity index (χ0) is 22.9. The highest BCUT2D eigenvalue weighted by atomic mass is 32.2. The molecule has 1 saturated heterocycles. The van der Waals surface area contributed by atoms with Gasteiger partial charge in [-0.3, -0.25) is 9.52 Å². The van der Waals surface area contributed by atoms with Crippen LogP contribution < -0.4 is 4.72 Å². The number of aromatic nitrogens is 2. The van der Waals surface area contributed by atoms with Crippen LogP contribution in [0.1, 0.15) is 38.8 Å². The molecular formula is C20H20N4O6S2. The zero-order valence-corrected chi connectivity index (χ0v) is 19.0. The van der Waals surface area contributed by atoms with E-state index < -0.39 is 16.0 Å². The summed E-state index contributed by atoms with van der Waals surface area (Å²) in [5.41, 5.74) is 0.598. The fraction of sp³-hybridized carbons (Fsp3) is 0.300. The molecule has 0 unspecified atom stereocenters. The lowest BCUT2D eigenvalue weighted by molar-refractivity contribution is 0.0600. The second-order valence-corrected chi connectivity index (χ2v) is 10.0. The Kier molecular flexibility index (Phi) is 5.98. The van der Waals surface area contributed by atoms with Gasteiger partial charge in [-0.15, -0.1) is 21.5 Å². The van der Waals surface area contributed by atoms with Crippen molar-refractivity contribution in [2.45, 2.75) is 24.7 Å². The Morgan fingerprint density at radius 2 is 1.84 bits per heavy atom. The number of methoxy groups -OCH3 is 1. The van der Waals surface area contributed by atoms with Gasteiger partial charge in [-0.25, -0.2) is 13.2 Å². The highest BCUT2D eigenvalue weighted by molar-refractivity contribution is 7.93. The van der Waals surface area contributed by atoms with Crippen molar-refractivity contribution in [2.75, 3.05) is 24.9 Å². The predicted molar refractivity (Wildman–Crippen MR) is 116 cm³/mol. The van der Waals surface area contributed by atoms with Gasteiger partial charge in [0, 0.05) is 23.7 Å². The van der Waals surface area contributed by atoms with Crippen molar-refractivity contribution in [3.8, 4) is 10.8 Å². The Morgan fingerprint density at radius 3 is 2.50 bits per heavy atom. The summed E-state index contributed by atoms with van der Waals surface area (Å²) in [5, 5.41) is 7.75. The number of anilines is 1. The van der Waals surface area contributed by atoms with Crippen LogP contribution in [0.15, 0.2) is 39.6 Å². The Morgan fingerprint density at radius 1 is 1.16 bits per heavy atom. The van der Waals surface area contributed by atoms with Gasteiger partial charge in [-0.05, 0) is 50.1 Å². The number of amides is 1. The summed E-state index contributed by atoms with van der Waals surface area (Å²) in [4.78, 5) is 26.6. The number of rotatable bonds is 6. The van der Waals surface area contributed by atoms with E-state index in [1.165, 1.54) is 48.8 Å². The maximum absolute atomic E-state index is 12.9. The van der Waals surface area contributed by atoms with Crippen LogP contribution >= 0.6 is 11.3 Å². The number of aryl methyl sites for hydroxylation is 1. The zero-order valence-electron chi connectivity index (χ0n) is 17.3. The Balaban J connectivity index is 1.54. The highest BCUT2D eigenvalue weighted by Crippen LogP contribution is 2.34. The van der Waals surface area contributed by atoms with E-state index in [1.54, 1.807) is 11.8 Å². The number of benzene rings is 1. The second kappa shape index (κ2) is 8.71. The van der Waals surface area contributed by atoms with E-state index >= 15 is 0 Å². The van der Waals surface area contributed by atoms with E-state index in [0.29, 0.717) is 34.1 Å². The third kappa shape index (κ3) is 4.36. The van der Waals surface area contributed by atoms with E-state index in [4.69, 9.17) is 4.42 Å². The van der Waals surface area contributed by atoms with Crippen molar-refractivity contribution in [3.05, 3.63) is 46.7 Å². The lowest BCUT2D eigenvalue weighted by Crippen LogP contribution is -2.27. The van der Waals surface area contributed by atoms with Crippen molar-refractivity contribution in [1.29, 1.82) is 0 Å². The molecule has 3 aromatic rings. The maximum Gasteiger partial charge on any atom is 0.337 e. The molecule has 3 heterocycles. The van der Waals surface area contributed by atoms with Gasteiger partial charge in [0.05, 0.1) is 17.6 Å². The maximum atomic E-state index is 12.9. The Bertz CT molecular complexity index is 1260. The molecule has 0 saturated carbocycles. The minimum absolute atomic E-state index is 0.0557. The first kappa shape index (κ1) is 22.0. The number of carbonyl (C=O) groups excluding carboxylic acids is 2. The molecule has 1 amide bonds. The lowest BCUT2D eigenvalue weighted by atomic mass is 10.2. The number of hydrogen-bond donors (Lipinski definition) is 1. The van der Waals surface area contributed by atoms with E-state index in [1.807, 2.05) is 0 Å². The molecule has 2 aromatic heterocycles. The molecule has 0 aliphatic carbocycles. The molecule has 0 bridgehead atoms. The third-order valence-electron chi connectivity index (χ3n) is 4.93. The standard InChI is InChI=1S/C20H20N4O6S2/c1-12-16(32(27,28)23-14-7-5-13(6-8-14)20(26)29-2)11-15(31-12)17-21-22-18(30-17)19(25)24-9-3-4-10-24/h5-8,11,23H,3-4,9-10H2,1-2H3. The molecule has 1 aliphatic rings. The molecule has 4 rings (SSSR count). The van der Waals surface area contributed by atoms with E-state index in [-0.39, 0.29) is 22.6 Å². The van der Waals surface area contributed by atoms with E-state index in [0.717, 1.165) is 12.8 Å². The van der Waals surface area contributed by atoms with Crippen molar-refractivity contribution >= 4 is 38.9 Å². The van der Waals surface area contributed by atoms with Gasteiger partial charge < -0.3 is 14.1 Å². The average molecular weight is 477 g/mol. The minimum Gasteiger partial charge on any atom is -0.465 e. The third-order valence-corrected chi connectivity index (χ3v) is 7.61. The number of carbonyl (C=O) groups is 2. The summed E-state index contributed by atoms with van der Waals surface area (Å²) < 4.78 is 38.5. The van der Waals surface area contributed by atoms with Gasteiger partial charge >= 0.3 is 17.8 Å². The number of hydrogen-bond acceptors (Lipinski definition) is 9. The van der Waals surface area contributed by atoms with Crippen molar-refractivity contribution in [2.24, 2.45) is 0 Å². The van der Waals surface area contributed by atoms with Crippen molar-refractivity contribution in [1.82, 2.24) is 15.1 Å². The molecule has 10 nitrogen and oxygen atoms in total. The molecule has 0 atom stereocenters. The Labute approximate surface area is 188 Å². The first-order chi connectivity index (χ1) is 15.3. The van der Waals surface area contributed by atoms with Gasteiger partial charge in [0.2, 0.25) is 0 Å². The first-order valence-corrected chi connectivity index (χ1v) is 12.0. The van der Waals surface area contributed by atoms with Gasteiger partial charge in [-0.2, -0.15) is 0 Å². The summed E-state index contributed by atoms with van der Waals surface area (Å²) in [6.45, 7) is 2.97. The number of nitrogens with one attached hydrogen (secondary N) is 1. The second-order valence-electron chi connectivity index (χ2n) is 7.12. The summed E-state index contributed by atoms with van der Waals surface area (Å²) in [6, 6.07) is 7.31. The molecule has 1 N–H and O–H groups in total. The summed E-state index contributed by atoms with van der Waals surface area (Å²) in [7, 11) is -2.64. The van der Waals surface area contributed by atoms with Crippen molar-refractivity contribution < 1.29 is 27.2 Å². The quantitative estimate of drug-likeness (QED) is 0.537.